The van der Waals surface area contributed by atoms with E-state index in [1.54, 1.807) is 0 Å². The smallest absolute Gasteiger partial charge is 0.187 e. The molecule has 1 aliphatic heterocycles. The molecule has 3 aliphatic rings. The summed E-state index contributed by atoms with van der Waals surface area (Å²) in [6.45, 7) is 0.734. The summed E-state index contributed by atoms with van der Waals surface area (Å²) < 4.78 is 34.9. The van der Waals surface area contributed by atoms with Crippen LogP contribution in [0, 0.1) is 5.92 Å². The average Bonchev–Trinajstić information content (AvgIpc) is 3.35. The summed E-state index contributed by atoms with van der Waals surface area (Å²) in [6.07, 6.45) is 4.98. The molecule has 116 valence electrons. The van der Waals surface area contributed by atoms with Crippen LogP contribution in [0.25, 0.3) is 0 Å². The number of nitrogens with one attached hydrogen (secondary N) is 1. The zero-order valence-corrected chi connectivity index (χ0v) is 13.3. The first-order valence-electron chi connectivity index (χ1n) is 7.44. The Kier molecular flexibility index (Phi) is 3.16. The molecule has 0 amide bonds. The van der Waals surface area contributed by atoms with Gasteiger partial charge in [-0.2, -0.15) is 4.37 Å². The molecule has 1 aromatic rings. The highest BCUT2D eigenvalue weighted by Gasteiger charge is 2.43. The molecule has 21 heavy (non-hydrogen) atoms. The maximum Gasteiger partial charge on any atom is 0.187 e. The van der Waals surface area contributed by atoms with E-state index in [2.05, 4.69) is 9.69 Å². The molecular weight excluding hydrogens is 310 g/mol. The zero-order chi connectivity index (χ0) is 14.6. The van der Waals surface area contributed by atoms with E-state index >= 15 is 0 Å². The van der Waals surface area contributed by atoms with Gasteiger partial charge in [0.2, 0.25) is 0 Å². The van der Waals surface area contributed by atoms with Crippen LogP contribution in [0.2, 0.25) is 0 Å². The van der Waals surface area contributed by atoms with Gasteiger partial charge in [-0.1, -0.05) is 0 Å². The predicted molar refractivity (Wildman–Crippen MR) is 81.2 cm³/mol. The van der Waals surface area contributed by atoms with Crippen molar-refractivity contribution in [3.8, 4) is 0 Å². The Bertz CT molecular complexity index is 650. The summed E-state index contributed by atoms with van der Waals surface area (Å²) in [7, 11) is -3.33. The van der Waals surface area contributed by atoms with Crippen LogP contribution in [0.15, 0.2) is 4.90 Å². The highest BCUT2D eigenvalue weighted by Crippen LogP contribution is 2.43. The fourth-order valence-corrected chi connectivity index (χ4v) is 5.96. The molecule has 0 aromatic carbocycles. The quantitative estimate of drug-likeness (QED) is 0.853. The van der Waals surface area contributed by atoms with E-state index in [4.69, 9.17) is 10.5 Å². The van der Waals surface area contributed by atoms with E-state index in [1.807, 2.05) is 0 Å². The Morgan fingerprint density at radius 2 is 2.00 bits per heavy atom. The highest BCUT2D eigenvalue weighted by molar-refractivity contribution is 7.92. The van der Waals surface area contributed by atoms with Crippen molar-refractivity contribution >= 4 is 32.2 Å². The predicted octanol–water partition coefficient (Wildman–Crippen LogP) is 1.64. The molecule has 8 heteroatoms. The number of rotatable bonds is 5. The first kappa shape index (κ1) is 13.8. The van der Waals surface area contributed by atoms with Crippen molar-refractivity contribution in [1.29, 1.82) is 0 Å². The van der Waals surface area contributed by atoms with Crippen LogP contribution in [0.4, 0.5) is 10.8 Å². The van der Waals surface area contributed by atoms with Crippen molar-refractivity contribution in [2.45, 2.75) is 54.4 Å². The Labute approximate surface area is 128 Å². The van der Waals surface area contributed by atoms with Crippen molar-refractivity contribution < 1.29 is 13.2 Å². The van der Waals surface area contributed by atoms with Gasteiger partial charge < -0.3 is 15.8 Å². The van der Waals surface area contributed by atoms with Gasteiger partial charge in [-0.05, 0) is 49.6 Å². The van der Waals surface area contributed by atoms with Crippen molar-refractivity contribution in [2.75, 3.05) is 17.7 Å². The molecule has 2 atom stereocenters. The first-order chi connectivity index (χ1) is 10.1. The summed E-state index contributed by atoms with van der Waals surface area (Å²) in [6, 6.07) is 0.172. The van der Waals surface area contributed by atoms with Crippen LogP contribution in [0.5, 0.6) is 0 Å². The van der Waals surface area contributed by atoms with Crippen LogP contribution >= 0.6 is 11.5 Å². The Hall–Kier alpha value is -0.860. The molecule has 1 saturated heterocycles. The number of nitrogens with two attached hydrogens (primary N) is 1. The molecule has 3 fully saturated rings. The molecule has 6 nitrogen and oxygen atoms in total. The van der Waals surface area contributed by atoms with Crippen molar-refractivity contribution in [1.82, 2.24) is 4.37 Å². The molecule has 1 aromatic heterocycles. The molecule has 2 aliphatic carbocycles. The maximum atomic E-state index is 12.5. The summed E-state index contributed by atoms with van der Waals surface area (Å²) in [5.41, 5.74) is 5.82. The molecule has 4 rings (SSSR count). The first-order valence-corrected chi connectivity index (χ1v) is 9.76. The lowest BCUT2D eigenvalue weighted by atomic mass is 10.1. The van der Waals surface area contributed by atoms with E-state index < -0.39 is 9.84 Å². The average molecular weight is 329 g/mol. The van der Waals surface area contributed by atoms with Gasteiger partial charge in [0.15, 0.2) is 15.7 Å². The molecule has 3 N–H and O–H groups in total. The van der Waals surface area contributed by atoms with Gasteiger partial charge in [0.1, 0.15) is 9.90 Å². The largest absolute Gasteiger partial charge is 0.382 e. The molecule has 2 saturated carbocycles. The number of ether oxygens (including phenoxy) is 1. The Balaban J connectivity index is 1.61. The van der Waals surface area contributed by atoms with Gasteiger partial charge in [0.05, 0.1) is 17.4 Å². The molecular formula is C13H19N3O3S2. The van der Waals surface area contributed by atoms with Crippen molar-refractivity contribution in [3.05, 3.63) is 0 Å². The second kappa shape index (κ2) is 4.82. The number of nitrogens with zero attached hydrogens (tertiary/aromatic N) is 1. The summed E-state index contributed by atoms with van der Waals surface area (Å²) in [4.78, 5) is 0.219. The molecule has 0 spiro atoms. The van der Waals surface area contributed by atoms with E-state index in [0.29, 0.717) is 10.9 Å². The van der Waals surface area contributed by atoms with Crippen molar-refractivity contribution in [2.24, 2.45) is 5.92 Å². The van der Waals surface area contributed by atoms with Crippen LogP contribution in [-0.2, 0) is 14.6 Å². The topological polar surface area (TPSA) is 94.3 Å². The number of hydrogen-bond donors (Lipinski definition) is 2. The van der Waals surface area contributed by atoms with E-state index in [-0.39, 0.29) is 28.1 Å². The minimum atomic E-state index is -3.33. The van der Waals surface area contributed by atoms with Gasteiger partial charge >= 0.3 is 0 Å². The van der Waals surface area contributed by atoms with E-state index in [9.17, 15) is 8.42 Å². The van der Waals surface area contributed by atoms with Gasteiger partial charge in [0.25, 0.3) is 0 Å². The summed E-state index contributed by atoms with van der Waals surface area (Å²) in [5.74, 6) is 0.759. The minimum absolute atomic E-state index is 0.135. The summed E-state index contributed by atoms with van der Waals surface area (Å²) in [5, 5.41) is 3.69. The van der Waals surface area contributed by atoms with Crippen molar-refractivity contribution in [3.63, 3.8) is 0 Å². The standard InChI is InChI=1S/C13H19N3O3S2/c14-12-11(21(17,18)8-3-4-8)13(20-16-12)15-9-5-6-19-10(9)7-1-2-7/h7-10,15H,1-6H2,(H2,14,16). The number of hydrogen-bond acceptors (Lipinski definition) is 7. The lowest BCUT2D eigenvalue weighted by Gasteiger charge is -2.20. The molecule has 0 radical (unpaired) electrons. The lowest BCUT2D eigenvalue weighted by Crippen LogP contribution is -2.31. The molecule has 0 bridgehead atoms. The third kappa shape index (κ3) is 2.43. The third-order valence-electron chi connectivity index (χ3n) is 4.46. The SMILES string of the molecule is Nc1nsc(NC2CCOC2C2CC2)c1S(=O)(=O)C1CC1. The third-order valence-corrected chi connectivity index (χ3v) is 7.71. The van der Waals surface area contributed by atoms with Crippen LogP contribution in [-0.4, -0.2) is 36.8 Å². The van der Waals surface area contributed by atoms with Gasteiger partial charge in [-0.15, -0.1) is 0 Å². The van der Waals surface area contributed by atoms with E-state index in [0.717, 1.165) is 37.4 Å². The monoisotopic (exact) mass is 329 g/mol. The second-order valence-electron chi connectivity index (χ2n) is 6.18. The zero-order valence-electron chi connectivity index (χ0n) is 11.6. The Morgan fingerprint density at radius 3 is 2.67 bits per heavy atom. The number of nitrogen functional groups attached to an aromatic ring is 1. The van der Waals surface area contributed by atoms with Gasteiger partial charge in [-0.25, -0.2) is 8.42 Å². The Morgan fingerprint density at radius 1 is 1.24 bits per heavy atom. The lowest BCUT2D eigenvalue weighted by molar-refractivity contribution is 0.0898. The number of aromatic nitrogens is 1. The summed E-state index contributed by atoms with van der Waals surface area (Å²) >= 11 is 1.15. The van der Waals surface area contributed by atoms with Crippen LogP contribution < -0.4 is 11.1 Å². The number of sulfone groups is 1. The fraction of sp³-hybridized carbons (Fsp3) is 0.769. The van der Waals surface area contributed by atoms with Gasteiger partial charge in [0, 0.05) is 6.61 Å². The van der Waals surface area contributed by atoms with Crippen LogP contribution in [0.1, 0.15) is 32.1 Å². The maximum absolute atomic E-state index is 12.5. The van der Waals surface area contributed by atoms with Gasteiger partial charge in [-0.3, -0.25) is 0 Å². The normalized spacial score (nSPS) is 29.7. The highest BCUT2D eigenvalue weighted by atomic mass is 32.2. The van der Waals surface area contributed by atoms with E-state index in [1.165, 1.54) is 12.8 Å². The minimum Gasteiger partial charge on any atom is -0.382 e. The molecule has 2 heterocycles. The fourth-order valence-electron chi connectivity index (χ4n) is 3.03. The second-order valence-corrected chi connectivity index (χ2v) is 9.12. The molecule has 2 unspecified atom stereocenters. The van der Waals surface area contributed by atoms with Crippen LogP contribution in [0.3, 0.4) is 0 Å². The number of anilines is 2.